The molecule has 1 amide bonds. The second kappa shape index (κ2) is 8.32. The van der Waals surface area contributed by atoms with Gasteiger partial charge in [0, 0.05) is 53.4 Å². The van der Waals surface area contributed by atoms with Crippen LogP contribution < -0.4 is 14.8 Å². The monoisotopic (exact) mass is 464 g/mol. The van der Waals surface area contributed by atoms with Crippen LogP contribution in [0.5, 0.6) is 11.5 Å². The Morgan fingerprint density at radius 3 is 2.47 bits per heavy atom. The lowest BCUT2D eigenvalue weighted by Crippen LogP contribution is -2.27. The number of aliphatic hydroxyl groups excluding tert-OH is 2. The molecule has 0 saturated heterocycles. The molecule has 7 nitrogen and oxygen atoms in total. The van der Waals surface area contributed by atoms with Crippen LogP contribution in [0.3, 0.4) is 0 Å². The summed E-state index contributed by atoms with van der Waals surface area (Å²) in [5.74, 6) is 1.17. The Bertz CT molecular complexity index is 1230. The summed E-state index contributed by atoms with van der Waals surface area (Å²) < 4.78 is 13.1. The zero-order valence-electron chi connectivity index (χ0n) is 19.9. The minimum absolute atomic E-state index is 0.0122. The number of aliphatic hydroxyl groups is 2. The largest absolute Gasteiger partial charge is 0.454 e. The second-order valence-corrected chi connectivity index (χ2v) is 10.5. The highest BCUT2D eigenvalue weighted by atomic mass is 16.7. The molecule has 0 bridgehead atoms. The number of carbonyl (C=O) groups is 1. The molecule has 1 fully saturated rings. The SMILES string of the molecule is CC(C)(C)c1cc2cc(NC(=O)C3(c4ccc5c(c4)OCO5)CC3)ccc2n1CC(CO)CO. The van der Waals surface area contributed by atoms with Crippen molar-refractivity contribution >= 4 is 22.5 Å². The number of nitrogens with zero attached hydrogens (tertiary/aromatic N) is 1. The number of fused-ring (bicyclic) bond motifs is 2. The van der Waals surface area contributed by atoms with E-state index in [9.17, 15) is 15.0 Å². The molecule has 1 aliphatic heterocycles. The summed E-state index contributed by atoms with van der Waals surface area (Å²) in [6, 6.07) is 13.8. The smallest absolute Gasteiger partial charge is 0.235 e. The van der Waals surface area contributed by atoms with Crippen LogP contribution in [0.15, 0.2) is 42.5 Å². The van der Waals surface area contributed by atoms with E-state index in [2.05, 4.69) is 36.7 Å². The van der Waals surface area contributed by atoms with Crippen LogP contribution in [0.4, 0.5) is 5.69 Å². The van der Waals surface area contributed by atoms with Gasteiger partial charge in [-0.25, -0.2) is 0 Å². The average molecular weight is 465 g/mol. The Morgan fingerprint density at radius 2 is 1.79 bits per heavy atom. The molecule has 7 heteroatoms. The molecule has 1 aliphatic carbocycles. The molecule has 180 valence electrons. The quantitative estimate of drug-likeness (QED) is 0.493. The summed E-state index contributed by atoms with van der Waals surface area (Å²) in [6.07, 6.45) is 1.60. The van der Waals surface area contributed by atoms with Gasteiger partial charge in [-0.1, -0.05) is 26.8 Å². The van der Waals surface area contributed by atoms with Crippen LogP contribution in [0.1, 0.15) is 44.9 Å². The van der Waals surface area contributed by atoms with Gasteiger partial charge in [0.1, 0.15) is 0 Å². The fourth-order valence-electron chi connectivity index (χ4n) is 4.81. The average Bonchev–Trinajstić information content (AvgIpc) is 3.35. The van der Waals surface area contributed by atoms with Crippen molar-refractivity contribution in [2.24, 2.45) is 5.92 Å². The zero-order chi connectivity index (χ0) is 24.1. The Labute approximate surface area is 199 Å². The highest BCUT2D eigenvalue weighted by Gasteiger charge is 2.51. The molecule has 2 aromatic carbocycles. The minimum atomic E-state index is -0.534. The third-order valence-electron chi connectivity index (χ3n) is 6.99. The van der Waals surface area contributed by atoms with E-state index in [1.54, 1.807) is 0 Å². The Morgan fingerprint density at radius 1 is 1.06 bits per heavy atom. The van der Waals surface area contributed by atoms with Gasteiger partial charge >= 0.3 is 0 Å². The summed E-state index contributed by atoms with van der Waals surface area (Å²) >= 11 is 0. The van der Waals surface area contributed by atoms with Gasteiger partial charge in [0.2, 0.25) is 12.7 Å². The first-order chi connectivity index (χ1) is 16.2. The van der Waals surface area contributed by atoms with Crippen molar-refractivity contribution in [1.82, 2.24) is 4.57 Å². The van der Waals surface area contributed by atoms with Gasteiger partial charge in [-0.3, -0.25) is 4.79 Å². The van der Waals surface area contributed by atoms with Crippen molar-refractivity contribution in [3.05, 3.63) is 53.7 Å². The maximum Gasteiger partial charge on any atom is 0.235 e. The number of hydrogen-bond donors (Lipinski definition) is 3. The third kappa shape index (κ3) is 3.93. The van der Waals surface area contributed by atoms with Gasteiger partial charge in [0.25, 0.3) is 0 Å². The maximum absolute atomic E-state index is 13.3. The number of aromatic nitrogens is 1. The van der Waals surface area contributed by atoms with Gasteiger partial charge in [-0.15, -0.1) is 0 Å². The van der Waals surface area contributed by atoms with E-state index < -0.39 is 5.41 Å². The standard InChI is InChI=1S/C27H32N2O5/c1-26(2,3)24-11-18-10-20(5-6-21(18)29(24)13-17(14-30)15-31)28-25(32)27(8-9-27)19-4-7-22-23(12-19)34-16-33-22/h4-7,10-12,17,30-31H,8-9,13-16H2,1-3H3,(H,28,32). The maximum atomic E-state index is 13.3. The van der Waals surface area contributed by atoms with E-state index in [1.807, 2.05) is 36.4 Å². The van der Waals surface area contributed by atoms with E-state index >= 15 is 0 Å². The van der Waals surface area contributed by atoms with Crippen LogP contribution in [0, 0.1) is 5.92 Å². The zero-order valence-corrected chi connectivity index (χ0v) is 19.9. The van der Waals surface area contributed by atoms with Crippen LogP contribution in [0.25, 0.3) is 10.9 Å². The molecule has 0 atom stereocenters. The van der Waals surface area contributed by atoms with Gasteiger partial charge in [-0.05, 0) is 54.8 Å². The molecule has 0 radical (unpaired) electrons. The summed E-state index contributed by atoms with van der Waals surface area (Å²) in [5.41, 5.74) is 3.20. The number of ether oxygens (including phenoxy) is 2. The lowest BCUT2D eigenvalue weighted by atomic mass is 9.91. The first-order valence-corrected chi connectivity index (χ1v) is 11.8. The third-order valence-corrected chi connectivity index (χ3v) is 6.99. The predicted molar refractivity (Wildman–Crippen MR) is 130 cm³/mol. The van der Waals surface area contributed by atoms with Crippen molar-refractivity contribution < 1.29 is 24.5 Å². The molecule has 0 spiro atoms. The van der Waals surface area contributed by atoms with E-state index in [4.69, 9.17) is 9.47 Å². The summed E-state index contributed by atoms with van der Waals surface area (Å²) in [6.45, 7) is 7.04. The first-order valence-electron chi connectivity index (χ1n) is 11.8. The number of anilines is 1. The van der Waals surface area contributed by atoms with Crippen LogP contribution in [0.2, 0.25) is 0 Å². The van der Waals surface area contributed by atoms with Crippen molar-refractivity contribution in [3.8, 4) is 11.5 Å². The van der Waals surface area contributed by atoms with Crippen molar-refractivity contribution in [2.75, 3.05) is 25.3 Å². The first kappa shape index (κ1) is 22.7. The van der Waals surface area contributed by atoms with E-state index in [0.29, 0.717) is 18.0 Å². The number of amides is 1. The molecule has 34 heavy (non-hydrogen) atoms. The predicted octanol–water partition coefficient (Wildman–Crippen LogP) is 3.94. The Balaban J connectivity index is 1.43. The van der Waals surface area contributed by atoms with Gasteiger partial charge in [-0.2, -0.15) is 0 Å². The highest BCUT2D eigenvalue weighted by Crippen LogP contribution is 2.51. The lowest BCUT2D eigenvalue weighted by molar-refractivity contribution is -0.118. The lowest BCUT2D eigenvalue weighted by Gasteiger charge is -2.24. The molecule has 3 aromatic rings. The number of carbonyl (C=O) groups excluding carboxylic acids is 1. The number of hydrogen-bond acceptors (Lipinski definition) is 5. The van der Waals surface area contributed by atoms with E-state index in [-0.39, 0.29) is 37.2 Å². The van der Waals surface area contributed by atoms with E-state index in [0.717, 1.165) is 40.7 Å². The normalized spacial score (nSPS) is 16.3. The number of nitrogens with one attached hydrogen (secondary N) is 1. The van der Waals surface area contributed by atoms with Gasteiger partial charge < -0.3 is 29.6 Å². The molecule has 5 rings (SSSR count). The Hall–Kier alpha value is -3.03. The second-order valence-electron chi connectivity index (χ2n) is 10.5. The fourth-order valence-corrected chi connectivity index (χ4v) is 4.81. The molecular formula is C27H32N2O5. The van der Waals surface area contributed by atoms with Crippen LogP contribution in [-0.4, -0.2) is 40.7 Å². The summed E-state index contributed by atoms with van der Waals surface area (Å²) in [7, 11) is 0. The molecular weight excluding hydrogens is 432 g/mol. The summed E-state index contributed by atoms with van der Waals surface area (Å²) in [4.78, 5) is 13.3. The van der Waals surface area contributed by atoms with Crippen LogP contribution >= 0.6 is 0 Å². The molecule has 2 aliphatic rings. The molecule has 2 heterocycles. The molecule has 0 unspecified atom stereocenters. The van der Waals surface area contributed by atoms with Crippen molar-refractivity contribution in [1.29, 1.82) is 0 Å². The number of rotatable bonds is 7. The fraction of sp³-hybridized carbons (Fsp3) is 0.444. The molecule has 1 aromatic heterocycles. The topological polar surface area (TPSA) is 93.0 Å². The Kier molecular flexibility index (Phi) is 5.57. The highest BCUT2D eigenvalue weighted by molar-refractivity contribution is 6.02. The van der Waals surface area contributed by atoms with Gasteiger partial charge in [0.05, 0.1) is 5.41 Å². The van der Waals surface area contributed by atoms with Gasteiger partial charge in [0.15, 0.2) is 11.5 Å². The molecule has 1 saturated carbocycles. The summed E-state index contributed by atoms with van der Waals surface area (Å²) in [5, 5.41) is 23.4. The van der Waals surface area contributed by atoms with Crippen molar-refractivity contribution in [2.45, 2.75) is 51.0 Å². The van der Waals surface area contributed by atoms with E-state index in [1.165, 1.54) is 0 Å². The molecule has 3 N–H and O–H groups in total. The number of benzene rings is 2. The van der Waals surface area contributed by atoms with Crippen LogP contribution in [-0.2, 0) is 22.2 Å². The van der Waals surface area contributed by atoms with Crippen molar-refractivity contribution in [3.63, 3.8) is 0 Å². The minimum Gasteiger partial charge on any atom is -0.454 e.